The molecule has 2 aliphatic heterocycles. The zero-order valence-corrected chi connectivity index (χ0v) is 13.9. The van der Waals surface area contributed by atoms with Crippen LogP contribution >= 0.6 is 0 Å². The second-order valence-electron chi connectivity index (χ2n) is 6.00. The van der Waals surface area contributed by atoms with Gasteiger partial charge in [0, 0.05) is 19.1 Å². The lowest BCUT2D eigenvalue weighted by molar-refractivity contribution is -0.135. The molecular formula is C17H23N3O4. The Kier molecular flexibility index (Phi) is 5.01. The predicted molar refractivity (Wildman–Crippen MR) is 88.9 cm³/mol. The van der Waals surface area contributed by atoms with E-state index < -0.39 is 0 Å². The van der Waals surface area contributed by atoms with Crippen LogP contribution in [0.1, 0.15) is 24.9 Å². The van der Waals surface area contributed by atoms with E-state index in [1.54, 1.807) is 4.90 Å². The number of morpholine rings is 1. The summed E-state index contributed by atoms with van der Waals surface area (Å²) in [5, 5.41) is 0. The van der Waals surface area contributed by atoms with Crippen LogP contribution in [0.3, 0.4) is 0 Å². The Hall–Kier alpha value is -2.12. The van der Waals surface area contributed by atoms with Crippen LogP contribution in [0.4, 0.5) is 5.69 Å². The number of hydrogen-bond donors (Lipinski definition) is 1. The third kappa shape index (κ3) is 3.37. The van der Waals surface area contributed by atoms with Crippen molar-refractivity contribution in [2.45, 2.75) is 19.4 Å². The topological polar surface area (TPSA) is 85.1 Å². The maximum absolute atomic E-state index is 12.5. The number of carbonyl (C=O) groups excluding carboxylic acids is 2. The van der Waals surface area contributed by atoms with Crippen LogP contribution in [0, 0.1) is 0 Å². The standard InChI is InChI=1S/C17H23N3O4/c1-2-13(18)12-3-4-15-14(9-12)20(17(22)11-24-15)10-16(21)19-5-7-23-8-6-19/h3-4,9,13H,2,5-8,10-11,18H2,1H3/t13-/m0/s1. The Bertz CT molecular complexity index is 628. The van der Waals surface area contributed by atoms with Crippen molar-refractivity contribution in [3.05, 3.63) is 23.8 Å². The van der Waals surface area contributed by atoms with Crippen LogP contribution in [-0.2, 0) is 14.3 Å². The van der Waals surface area contributed by atoms with Gasteiger partial charge in [-0.05, 0) is 24.1 Å². The second-order valence-corrected chi connectivity index (χ2v) is 6.00. The number of nitrogens with two attached hydrogens (primary N) is 1. The summed E-state index contributed by atoms with van der Waals surface area (Å²) in [5.74, 6) is 0.312. The van der Waals surface area contributed by atoms with Crippen molar-refractivity contribution >= 4 is 17.5 Å². The molecule has 130 valence electrons. The van der Waals surface area contributed by atoms with E-state index in [1.807, 2.05) is 25.1 Å². The fourth-order valence-electron chi connectivity index (χ4n) is 2.91. The lowest BCUT2D eigenvalue weighted by Gasteiger charge is -2.33. The summed E-state index contributed by atoms with van der Waals surface area (Å²) in [7, 11) is 0. The quantitative estimate of drug-likeness (QED) is 0.876. The van der Waals surface area contributed by atoms with Crippen molar-refractivity contribution < 1.29 is 19.1 Å². The van der Waals surface area contributed by atoms with Gasteiger partial charge in [0.25, 0.3) is 5.91 Å². The second kappa shape index (κ2) is 7.19. The number of hydrogen-bond acceptors (Lipinski definition) is 5. The first-order valence-corrected chi connectivity index (χ1v) is 8.28. The fourth-order valence-corrected chi connectivity index (χ4v) is 2.91. The molecule has 7 heteroatoms. The molecule has 7 nitrogen and oxygen atoms in total. The molecule has 3 rings (SSSR count). The highest BCUT2D eigenvalue weighted by Gasteiger charge is 2.30. The Morgan fingerprint density at radius 3 is 2.79 bits per heavy atom. The number of nitrogens with zero attached hydrogens (tertiary/aromatic N) is 2. The molecule has 0 unspecified atom stereocenters. The third-order valence-corrected chi connectivity index (χ3v) is 4.45. The highest BCUT2D eigenvalue weighted by atomic mass is 16.5. The highest BCUT2D eigenvalue weighted by Crippen LogP contribution is 2.34. The Labute approximate surface area is 141 Å². The van der Waals surface area contributed by atoms with Gasteiger partial charge in [-0.25, -0.2) is 0 Å². The summed E-state index contributed by atoms with van der Waals surface area (Å²) in [6.07, 6.45) is 0.792. The molecule has 2 N–H and O–H groups in total. The summed E-state index contributed by atoms with van der Waals surface area (Å²) in [4.78, 5) is 28.0. The Morgan fingerprint density at radius 2 is 2.08 bits per heavy atom. The largest absolute Gasteiger partial charge is 0.482 e. The van der Waals surface area contributed by atoms with Gasteiger partial charge >= 0.3 is 0 Å². The molecule has 0 saturated carbocycles. The molecule has 1 aromatic rings. The van der Waals surface area contributed by atoms with E-state index in [0.717, 1.165) is 12.0 Å². The molecule has 1 fully saturated rings. The van der Waals surface area contributed by atoms with Crippen LogP contribution in [0.2, 0.25) is 0 Å². The van der Waals surface area contributed by atoms with Crippen LogP contribution in [-0.4, -0.2) is 56.2 Å². The third-order valence-electron chi connectivity index (χ3n) is 4.45. The first-order chi connectivity index (χ1) is 11.6. The van der Waals surface area contributed by atoms with Crippen molar-refractivity contribution in [1.29, 1.82) is 0 Å². The Morgan fingerprint density at radius 1 is 1.33 bits per heavy atom. The van der Waals surface area contributed by atoms with Gasteiger partial charge in [0.05, 0.1) is 18.9 Å². The monoisotopic (exact) mass is 333 g/mol. The number of benzene rings is 1. The maximum Gasteiger partial charge on any atom is 0.265 e. The average Bonchev–Trinajstić information content (AvgIpc) is 2.63. The molecule has 2 heterocycles. The molecule has 24 heavy (non-hydrogen) atoms. The van der Waals surface area contributed by atoms with E-state index in [0.29, 0.717) is 37.7 Å². The summed E-state index contributed by atoms with van der Waals surface area (Å²) in [5.41, 5.74) is 7.64. The SMILES string of the molecule is CC[C@H](N)c1ccc2c(c1)N(CC(=O)N1CCOCC1)C(=O)CO2. The van der Waals surface area contributed by atoms with Gasteiger partial charge in [-0.15, -0.1) is 0 Å². The van der Waals surface area contributed by atoms with E-state index in [9.17, 15) is 9.59 Å². The van der Waals surface area contributed by atoms with Crippen molar-refractivity contribution in [2.75, 3.05) is 44.4 Å². The highest BCUT2D eigenvalue weighted by molar-refractivity contribution is 6.02. The molecule has 0 spiro atoms. The minimum Gasteiger partial charge on any atom is -0.482 e. The molecule has 0 aliphatic carbocycles. The average molecular weight is 333 g/mol. The van der Waals surface area contributed by atoms with Gasteiger partial charge in [-0.2, -0.15) is 0 Å². The number of anilines is 1. The van der Waals surface area contributed by atoms with E-state index in [-0.39, 0.29) is 31.0 Å². The molecule has 1 atom stereocenters. The molecular weight excluding hydrogens is 310 g/mol. The first kappa shape index (κ1) is 16.7. The lowest BCUT2D eigenvalue weighted by Crippen LogP contribution is -2.49. The minimum atomic E-state index is -0.216. The van der Waals surface area contributed by atoms with E-state index >= 15 is 0 Å². The van der Waals surface area contributed by atoms with Gasteiger partial charge < -0.3 is 20.1 Å². The van der Waals surface area contributed by atoms with Gasteiger partial charge in [-0.1, -0.05) is 13.0 Å². The summed E-state index contributed by atoms with van der Waals surface area (Å²) < 4.78 is 10.7. The van der Waals surface area contributed by atoms with E-state index in [2.05, 4.69) is 0 Å². The molecule has 1 aromatic carbocycles. The molecule has 1 saturated heterocycles. The number of amides is 2. The number of ether oxygens (including phenoxy) is 2. The molecule has 2 amide bonds. The Balaban J connectivity index is 1.82. The summed E-state index contributed by atoms with van der Waals surface area (Å²) in [6.45, 7) is 4.16. The molecule has 0 radical (unpaired) electrons. The zero-order chi connectivity index (χ0) is 17.1. The number of carbonyl (C=O) groups is 2. The van der Waals surface area contributed by atoms with Crippen molar-refractivity contribution in [3.63, 3.8) is 0 Å². The van der Waals surface area contributed by atoms with Gasteiger partial charge in [-0.3, -0.25) is 14.5 Å². The van der Waals surface area contributed by atoms with Crippen LogP contribution in [0.15, 0.2) is 18.2 Å². The smallest absolute Gasteiger partial charge is 0.265 e. The van der Waals surface area contributed by atoms with E-state index in [1.165, 1.54) is 4.90 Å². The van der Waals surface area contributed by atoms with Gasteiger partial charge in [0.2, 0.25) is 5.91 Å². The van der Waals surface area contributed by atoms with Crippen molar-refractivity contribution in [3.8, 4) is 5.75 Å². The normalized spacial score (nSPS) is 18.8. The maximum atomic E-state index is 12.5. The van der Waals surface area contributed by atoms with Crippen LogP contribution < -0.4 is 15.4 Å². The minimum absolute atomic E-state index is 0.0139. The lowest BCUT2D eigenvalue weighted by atomic mass is 10.0. The van der Waals surface area contributed by atoms with Gasteiger partial charge in [0.15, 0.2) is 6.61 Å². The summed E-state index contributed by atoms with van der Waals surface area (Å²) in [6, 6.07) is 5.47. The zero-order valence-electron chi connectivity index (χ0n) is 13.9. The first-order valence-electron chi connectivity index (χ1n) is 8.28. The molecule has 0 aromatic heterocycles. The van der Waals surface area contributed by atoms with E-state index in [4.69, 9.17) is 15.2 Å². The number of rotatable bonds is 4. The van der Waals surface area contributed by atoms with Crippen LogP contribution in [0.25, 0.3) is 0 Å². The fraction of sp³-hybridized carbons (Fsp3) is 0.529. The van der Waals surface area contributed by atoms with Crippen LogP contribution in [0.5, 0.6) is 5.75 Å². The van der Waals surface area contributed by atoms with Crippen molar-refractivity contribution in [1.82, 2.24) is 4.90 Å². The predicted octanol–water partition coefficient (Wildman–Crippen LogP) is 0.681. The molecule has 2 aliphatic rings. The number of fused-ring (bicyclic) bond motifs is 1. The summed E-state index contributed by atoms with van der Waals surface area (Å²) >= 11 is 0. The molecule has 0 bridgehead atoms. The van der Waals surface area contributed by atoms with Gasteiger partial charge in [0.1, 0.15) is 12.3 Å². The van der Waals surface area contributed by atoms with Crippen molar-refractivity contribution in [2.24, 2.45) is 5.73 Å².